The van der Waals surface area contributed by atoms with Crippen molar-refractivity contribution in [3.05, 3.63) is 87.9 Å². The predicted octanol–water partition coefficient (Wildman–Crippen LogP) is 5.67. The van der Waals surface area contributed by atoms with Gasteiger partial charge in [-0.25, -0.2) is 4.98 Å². The molecule has 2 aliphatic heterocycles. The lowest BCUT2D eigenvalue weighted by Gasteiger charge is -2.41. The molecular formula is C55H83N7O11S. The van der Waals surface area contributed by atoms with Gasteiger partial charge in [0.25, 0.3) is 5.91 Å². The summed E-state index contributed by atoms with van der Waals surface area (Å²) in [5.74, 6) is -2.30. The van der Waals surface area contributed by atoms with Crippen LogP contribution in [0.2, 0.25) is 0 Å². The largest absolute Gasteiger partial charge is 0.379 e. The lowest BCUT2D eigenvalue weighted by atomic mass is 9.89. The first-order valence-electron chi connectivity index (χ1n) is 26.2. The molecule has 3 heterocycles. The molecule has 0 aliphatic carbocycles. The normalized spacial score (nSPS) is 19.0. The molecule has 2 aliphatic rings. The van der Waals surface area contributed by atoms with Gasteiger partial charge in [0.15, 0.2) is 6.23 Å². The van der Waals surface area contributed by atoms with Crippen LogP contribution in [0.25, 0.3) is 0 Å². The Morgan fingerprint density at radius 1 is 0.865 bits per heavy atom. The third-order valence-corrected chi connectivity index (χ3v) is 15.4. The van der Waals surface area contributed by atoms with Crippen LogP contribution in [0.5, 0.6) is 0 Å². The van der Waals surface area contributed by atoms with Gasteiger partial charge in [-0.15, -0.1) is 11.3 Å². The number of thiazole rings is 1. The second-order valence-corrected chi connectivity index (χ2v) is 21.2. The van der Waals surface area contributed by atoms with E-state index in [2.05, 4.69) is 15.6 Å². The maximum atomic E-state index is 14.7. The number of amides is 5. The van der Waals surface area contributed by atoms with Crippen LogP contribution in [0.1, 0.15) is 113 Å². The van der Waals surface area contributed by atoms with Crippen molar-refractivity contribution in [3.8, 4) is 0 Å². The molecule has 19 heteroatoms. The number of likely N-dealkylation sites (N-methyl/N-ethyl adjacent to an activating group) is 2. The number of aliphatic hydroxyl groups is 1. The van der Waals surface area contributed by atoms with Crippen LogP contribution in [0.15, 0.2) is 66.2 Å². The second-order valence-electron chi connectivity index (χ2n) is 20.3. The number of hydrogen-bond acceptors (Lipinski definition) is 14. The number of aliphatic hydroxyl groups excluding tert-OH is 1. The lowest BCUT2D eigenvalue weighted by Crippen LogP contribution is -2.60. The fourth-order valence-corrected chi connectivity index (χ4v) is 11.0. The van der Waals surface area contributed by atoms with E-state index in [0.717, 1.165) is 22.1 Å². The average Bonchev–Trinajstić information content (AvgIpc) is 4.16. The number of ether oxygens (including phenoxy) is 4. The van der Waals surface area contributed by atoms with E-state index in [1.54, 1.807) is 56.6 Å². The summed E-state index contributed by atoms with van der Waals surface area (Å²) >= 11 is 1.49. The number of rotatable bonds is 31. The summed E-state index contributed by atoms with van der Waals surface area (Å²) in [5.41, 5.74) is 1.98. The Hall–Kier alpha value is -4.86. The number of likely N-dealkylation sites (tertiary alicyclic amines) is 1. The number of aromatic nitrogens is 1. The maximum absolute atomic E-state index is 14.7. The maximum Gasteiger partial charge on any atom is 0.280 e. The molecule has 10 atom stereocenters. The van der Waals surface area contributed by atoms with E-state index in [1.165, 1.54) is 11.3 Å². The minimum absolute atomic E-state index is 0.00291. The average molecular weight is 1050 g/mol. The van der Waals surface area contributed by atoms with Gasteiger partial charge in [0, 0.05) is 57.1 Å². The molecule has 74 heavy (non-hydrogen) atoms. The highest BCUT2D eigenvalue weighted by Gasteiger charge is 2.44. The standard InChI is InChI=1S/C55H83N7O11S/c1-12-37(6)48(44(69-10)34-45(63)61-25-18-23-43(61)49(70-11)38(7)50(64)57-42(52-56-24-32-74-52)33-39-19-14-13-15-20-39)60(9)55(68)46(35(2)3)58-51(65)47(36(4)5)59(8)26-27-71-28-29-72-30-31-73-62-53(66)40-21-16-17-22-41(40)54(62)67/h13-17,19-22,24,32,35-38,42-44,46-49,53,66H,12,18,23,25-31,33-34H2,1-11H3,(H,57,64)(H,58,65)/t37-,38+,42-,43-,44+,46-,47-,48-,49+,53?/m0/s1. The van der Waals surface area contributed by atoms with Crippen molar-refractivity contribution in [2.45, 2.75) is 129 Å². The summed E-state index contributed by atoms with van der Waals surface area (Å²) in [6.45, 7) is 15.7. The van der Waals surface area contributed by atoms with Crippen molar-refractivity contribution < 1.29 is 52.9 Å². The molecule has 1 unspecified atom stereocenters. The van der Waals surface area contributed by atoms with Gasteiger partial charge in [0.1, 0.15) is 11.0 Å². The minimum Gasteiger partial charge on any atom is -0.379 e. The van der Waals surface area contributed by atoms with E-state index in [1.807, 2.05) is 101 Å². The van der Waals surface area contributed by atoms with E-state index >= 15 is 0 Å². The quantitative estimate of drug-likeness (QED) is 0.0667. The van der Waals surface area contributed by atoms with Crippen molar-refractivity contribution in [1.29, 1.82) is 0 Å². The molecule has 5 rings (SSSR count). The number of carbonyl (C=O) groups excluding carboxylic acids is 5. The van der Waals surface area contributed by atoms with E-state index in [4.69, 9.17) is 23.8 Å². The summed E-state index contributed by atoms with van der Waals surface area (Å²) in [7, 11) is 6.73. The molecule has 0 bridgehead atoms. The number of benzene rings is 2. The topological polar surface area (TPSA) is 202 Å². The van der Waals surface area contributed by atoms with Crippen LogP contribution in [-0.2, 0) is 49.4 Å². The van der Waals surface area contributed by atoms with Gasteiger partial charge in [0.2, 0.25) is 23.6 Å². The van der Waals surface area contributed by atoms with Crippen molar-refractivity contribution in [1.82, 2.24) is 35.4 Å². The van der Waals surface area contributed by atoms with Gasteiger partial charge < -0.3 is 44.5 Å². The number of nitrogens with zero attached hydrogens (tertiary/aromatic N) is 5. The van der Waals surface area contributed by atoms with E-state index in [0.29, 0.717) is 56.7 Å². The Balaban J connectivity index is 1.14. The van der Waals surface area contributed by atoms with Gasteiger partial charge in [-0.3, -0.25) is 33.7 Å². The Bertz CT molecular complexity index is 2220. The summed E-state index contributed by atoms with van der Waals surface area (Å²) in [5, 5.41) is 20.4. The number of methoxy groups -OCH3 is 2. The molecule has 1 saturated heterocycles. The third kappa shape index (κ3) is 15.6. The van der Waals surface area contributed by atoms with Gasteiger partial charge in [-0.2, -0.15) is 5.06 Å². The molecular weight excluding hydrogens is 967 g/mol. The molecule has 0 radical (unpaired) electrons. The second kappa shape index (κ2) is 29.4. The molecule has 1 aromatic heterocycles. The van der Waals surface area contributed by atoms with Crippen molar-refractivity contribution in [2.75, 3.05) is 74.4 Å². The SMILES string of the molecule is CC[C@H](C)[C@@H]([C@@H](CC(=O)N1CCC[C@H]1[C@H](OC)[C@@H](C)C(=O)N[C@@H](Cc1ccccc1)c1nccs1)OC)N(C)C(=O)[C@@H](NC(=O)[C@H](C(C)C)N(C)CCOCCOCCON1C(=O)c2ccccc2C1O)C(C)C. The van der Waals surface area contributed by atoms with Crippen molar-refractivity contribution in [2.24, 2.45) is 23.7 Å². The molecule has 0 spiro atoms. The molecule has 1 fully saturated rings. The zero-order chi connectivity index (χ0) is 54.1. The highest BCUT2D eigenvalue weighted by molar-refractivity contribution is 7.09. The smallest absolute Gasteiger partial charge is 0.280 e. The number of fused-ring (bicyclic) bond motifs is 1. The molecule has 3 aromatic rings. The van der Waals surface area contributed by atoms with Crippen LogP contribution in [0.4, 0.5) is 0 Å². The Morgan fingerprint density at radius 2 is 1.54 bits per heavy atom. The molecule has 18 nitrogen and oxygen atoms in total. The van der Waals surface area contributed by atoms with E-state index in [-0.39, 0.29) is 79.7 Å². The molecule has 410 valence electrons. The highest BCUT2D eigenvalue weighted by atomic mass is 32.1. The van der Waals surface area contributed by atoms with Crippen molar-refractivity contribution >= 4 is 40.9 Å². The number of hydrogen-bond donors (Lipinski definition) is 3. The van der Waals surface area contributed by atoms with Gasteiger partial charge in [-0.1, -0.05) is 103 Å². The molecule has 5 amide bonds. The summed E-state index contributed by atoms with van der Waals surface area (Å²) in [6.07, 6.45) is 2.03. The number of hydroxylamine groups is 2. The first-order valence-corrected chi connectivity index (χ1v) is 27.1. The fraction of sp³-hybridized carbons (Fsp3) is 0.636. The van der Waals surface area contributed by atoms with Gasteiger partial charge in [-0.05, 0) is 55.7 Å². The first-order chi connectivity index (χ1) is 35.4. The Morgan fingerprint density at radius 3 is 2.16 bits per heavy atom. The Labute approximate surface area is 442 Å². The third-order valence-electron chi connectivity index (χ3n) is 14.5. The number of nitrogens with one attached hydrogen (secondary N) is 2. The van der Waals surface area contributed by atoms with Crippen LogP contribution < -0.4 is 10.6 Å². The summed E-state index contributed by atoms with van der Waals surface area (Å²) < 4.78 is 23.6. The summed E-state index contributed by atoms with van der Waals surface area (Å²) in [4.78, 5) is 85.4. The predicted molar refractivity (Wildman–Crippen MR) is 282 cm³/mol. The molecule has 2 aromatic carbocycles. The van der Waals surface area contributed by atoms with Crippen LogP contribution >= 0.6 is 11.3 Å². The van der Waals surface area contributed by atoms with E-state index < -0.39 is 48.4 Å². The monoisotopic (exact) mass is 1050 g/mol. The van der Waals surface area contributed by atoms with E-state index in [9.17, 15) is 29.1 Å². The van der Waals surface area contributed by atoms with Crippen LogP contribution in [0, 0.1) is 23.7 Å². The summed E-state index contributed by atoms with van der Waals surface area (Å²) in [6, 6.07) is 14.2. The highest BCUT2D eigenvalue weighted by Crippen LogP contribution is 2.33. The first kappa shape index (κ1) is 60.0. The molecule has 0 saturated carbocycles. The fourth-order valence-electron chi connectivity index (χ4n) is 10.3. The van der Waals surface area contributed by atoms with Crippen molar-refractivity contribution in [3.63, 3.8) is 0 Å². The zero-order valence-corrected chi connectivity index (χ0v) is 46.3. The molecule has 3 N–H and O–H groups in total. The van der Waals surface area contributed by atoms with Crippen LogP contribution in [-0.4, -0.2) is 170 Å². The Kier molecular flexibility index (Phi) is 23.9. The number of carbonyl (C=O) groups is 5. The van der Waals surface area contributed by atoms with Gasteiger partial charge >= 0.3 is 0 Å². The minimum atomic E-state index is -1.17. The lowest BCUT2D eigenvalue weighted by molar-refractivity contribution is -0.205. The van der Waals surface area contributed by atoms with Crippen LogP contribution in [0.3, 0.4) is 0 Å². The zero-order valence-electron chi connectivity index (χ0n) is 45.4. The van der Waals surface area contributed by atoms with Gasteiger partial charge in [0.05, 0.1) is 81.7 Å².